The average Bonchev–Trinajstić information content (AvgIpc) is 2.71. The summed E-state index contributed by atoms with van der Waals surface area (Å²) in [5.41, 5.74) is 1.47. The van der Waals surface area contributed by atoms with Crippen LogP contribution >= 0.6 is 0 Å². The van der Waals surface area contributed by atoms with Gasteiger partial charge in [0.2, 0.25) is 5.91 Å². The van der Waals surface area contributed by atoms with E-state index in [0.29, 0.717) is 30.0 Å². The Labute approximate surface area is 162 Å². The highest BCUT2D eigenvalue weighted by atomic mass is 16.5. The van der Waals surface area contributed by atoms with Crippen LogP contribution in [0, 0.1) is 0 Å². The van der Waals surface area contributed by atoms with Crippen molar-refractivity contribution in [3.05, 3.63) is 59.2 Å². The number of nitrogens with one attached hydrogen (secondary N) is 2. The van der Waals surface area contributed by atoms with Crippen molar-refractivity contribution < 1.29 is 29.0 Å². The molecule has 0 aromatic heterocycles. The Morgan fingerprint density at radius 2 is 1.54 bits per heavy atom. The number of amides is 2. The van der Waals surface area contributed by atoms with Gasteiger partial charge in [-0.25, -0.2) is 4.79 Å². The zero-order valence-electron chi connectivity index (χ0n) is 15.7. The van der Waals surface area contributed by atoms with Gasteiger partial charge in [0, 0.05) is 12.1 Å². The molecule has 0 saturated carbocycles. The lowest BCUT2D eigenvalue weighted by Crippen LogP contribution is -2.37. The minimum Gasteiger partial charge on any atom is -0.493 e. The quantitative estimate of drug-likeness (QED) is 0.602. The second-order valence-corrected chi connectivity index (χ2v) is 5.85. The minimum atomic E-state index is -0.981. The molecule has 0 unspecified atom stereocenters. The molecule has 0 saturated heterocycles. The molecule has 148 valence electrons. The molecular weight excluding hydrogens is 364 g/mol. The summed E-state index contributed by atoms with van der Waals surface area (Å²) in [7, 11) is 2.98. The van der Waals surface area contributed by atoms with Crippen molar-refractivity contribution in [1.29, 1.82) is 0 Å². The van der Waals surface area contributed by atoms with E-state index < -0.39 is 11.9 Å². The first-order valence-electron chi connectivity index (χ1n) is 8.53. The van der Waals surface area contributed by atoms with Gasteiger partial charge in [0.15, 0.2) is 11.5 Å². The van der Waals surface area contributed by atoms with Crippen molar-refractivity contribution in [2.45, 2.75) is 6.42 Å². The fraction of sp³-hybridized carbons (Fsp3) is 0.250. The summed E-state index contributed by atoms with van der Waals surface area (Å²) >= 11 is 0. The highest BCUT2D eigenvalue weighted by Crippen LogP contribution is 2.27. The Balaban J connectivity index is 1.77. The number of carboxylic acids is 1. The molecule has 2 amide bonds. The highest BCUT2D eigenvalue weighted by Gasteiger charge is 2.12. The molecule has 3 N–H and O–H groups in total. The van der Waals surface area contributed by atoms with E-state index in [9.17, 15) is 14.4 Å². The number of aromatic carboxylic acids is 1. The lowest BCUT2D eigenvalue weighted by Gasteiger charge is -2.10. The van der Waals surface area contributed by atoms with Crippen LogP contribution < -0.4 is 20.1 Å². The van der Waals surface area contributed by atoms with E-state index in [4.69, 9.17) is 14.6 Å². The van der Waals surface area contributed by atoms with Gasteiger partial charge in [-0.3, -0.25) is 9.59 Å². The Morgan fingerprint density at radius 3 is 2.14 bits per heavy atom. The molecule has 2 rings (SSSR count). The zero-order valence-corrected chi connectivity index (χ0v) is 15.7. The molecule has 0 fully saturated rings. The monoisotopic (exact) mass is 386 g/mol. The van der Waals surface area contributed by atoms with Crippen LogP contribution in [0.2, 0.25) is 0 Å². The number of hydrogen-bond donors (Lipinski definition) is 3. The molecule has 0 radical (unpaired) electrons. The van der Waals surface area contributed by atoms with Gasteiger partial charge in [0.05, 0.1) is 26.3 Å². The number of hydrogen-bond acceptors (Lipinski definition) is 5. The van der Waals surface area contributed by atoms with Crippen LogP contribution in [0.3, 0.4) is 0 Å². The second-order valence-electron chi connectivity index (χ2n) is 5.85. The van der Waals surface area contributed by atoms with Gasteiger partial charge in [-0.05, 0) is 42.3 Å². The van der Waals surface area contributed by atoms with Gasteiger partial charge in [-0.15, -0.1) is 0 Å². The summed E-state index contributed by atoms with van der Waals surface area (Å²) in [4.78, 5) is 34.9. The molecule has 0 atom stereocenters. The highest BCUT2D eigenvalue weighted by molar-refractivity contribution is 5.97. The number of methoxy groups -OCH3 is 2. The van der Waals surface area contributed by atoms with Crippen molar-refractivity contribution in [3.63, 3.8) is 0 Å². The molecule has 0 aliphatic rings. The first-order valence-corrected chi connectivity index (χ1v) is 8.53. The third-order valence-corrected chi connectivity index (χ3v) is 3.99. The van der Waals surface area contributed by atoms with Crippen molar-refractivity contribution in [2.75, 3.05) is 27.3 Å². The fourth-order valence-electron chi connectivity index (χ4n) is 2.46. The molecule has 0 aliphatic carbocycles. The summed E-state index contributed by atoms with van der Waals surface area (Å²) in [5, 5.41) is 14.1. The summed E-state index contributed by atoms with van der Waals surface area (Å²) in [6.07, 6.45) is 0.551. The second kappa shape index (κ2) is 9.96. The normalized spacial score (nSPS) is 10.1. The minimum absolute atomic E-state index is 0.162. The van der Waals surface area contributed by atoms with Crippen LogP contribution in [0.15, 0.2) is 42.5 Å². The predicted molar refractivity (Wildman–Crippen MR) is 102 cm³/mol. The number of carbonyl (C=O) groups excluding carboxylic acids is 2. The van der Waals surface area contributed by atoms with Crippen LogP contribution in [0.25, 0.3) is 0 Å². The van der Waals surface area contributed by atoms with Crippen LogP contribution in [-0.2, 0) is 11.2 Å². The van der Waals surface area contributed by atoms with Crippen molar-refractivity contribution in [2.24, 2.45) is 0 Å². The molecule has 28 heavy (non-hydrogen) atoms. The van der Waals surface area contributed by atoms with Gasteiger partial charge < -0.3 is 25.2 Å². The SMILES string of the molecule is COc1ccc(C(=O)NCC(=O)NCCc2ccc(C(=O)O)cc2)cc1OC. The van der Waals surface area contributed by atoms with Gasteiger partial charge >= 0.3 is 5.97 Å². The Bertz CT molecular complexity index is 848. The maximum absolute atomic E-state index is 12.2. The number of carboxylic acid groups (broad SMARTS) is 1. The number of benzene rings is 2. The average molecular weight is 386 g/mol. The van der Waals surface area contributed by atoms with E-state index in [1.807, 2.05) is 0 Å². The maximum Gasteiger partial charge on any atom is 0.335 e. The Hall–Kier alpha value is -3.55. The molecule has 0 spiro atoms. The van der Waals surface area contributed by atoms with E-state index in [-0.39, 0.29) is 18.0 Å². The molecule has 8 heteroatoms. The van der Waals surface area contributed by atoms with Crippen molar-refractivity contribution in [3.8, 4) is 11.5 Å². The standard InChI is InChI=1S/C20H22N2O6/c1-27-16-8-7-15(11-17(16)28-2)19(24)22-12-18(23)21-10-9-13-3-5-14(6-4-13)20(25)26/h3-8,11H,9-10,12H2,1-2H3,(H,21,23)(H,22,24)(H,25,26). The maximum atomic E-state index is 12.2. The van der Waals surface area contributed by atoms with E-state index in [1.165, 1.54) is 32.4 Å². The summed E-state index contributed by atoms with van der Waals surface area (Å²) in [6.45, 7) is 0.211. The van der Waals surface area contributed by atoms with Gasteiger partial charge in [0.25, 0.3) is 5.91 Å². The molecule has 0 bridgehead atoms. The van der Waals surface area contributed by atoms with Crippen molar-refractivity contribution in [1.82, 2.24) is 10.6 Å². The van der Waals surface area contributed by atoms with Crippen molar-refractivity contribution >= 4 is 17.8 Å². The van der Waals surface area contributed by atoms with E-state index in [0.717, 1.165) is 5.56 Å². The smallest absolute Gasteiger partial charge is 0.335 e. The van der Waals surface area contributed by atoms with Gasteiger partial charge in [0.1, 0.15) is 0 Å². The fourth-order valence-corrected chi connectivity index (χ4v) is 2.46. The third kappa shape index (κ3) is 5.73. The largest absolute Gasteiger partial charge is 0.493 e. The summed E-state index contributed by atoms with van der Waals surface area (Å²) in [6, 6.07) is 11.2. The molecule has 0 aliphatic heterocycles. The summed E-state index contributed by atoms with van der Waals surface area (Å²) in [5.74, 6) is -0.775. The van der Waals surface area contributed by atoms with E-state index in [2.05, 4.69) is 10.6 Å². The molecular formula is C20H22N2O6. The third-order valence-electron chi connectivity index (χ3n) is 3.99. The van der Waals surface area contributed by atoms with E-state index in [1.54, 1.807) is 24.3 Å². The number of ether oxygens (including phenoxy) is 2. The summed E-state index contributed by atoms with van der Waals surface area (Å²) < 4.78 is 10.3. The lowest BCUT2D eigenvalue weighted by molar-refractivity contribution is -0.120. The first kappa shape index (κ1) is 20.8. The van der Waals surface area contributed by atoms with Crippen LogP contribution in [0.5, 0.6) is 11.5 Å². The van der Waals surface area contributed by atoms with Crippen LogP contribution in [0.4, 0.5) is 0 Å². The molecule has 8 nitrogen and oxygen atoms in total. The van der Waals surface area contributed by atoms with Crippen LogP contribution in [-0.4, -0.2) is 50.2 Å². The number of carbonyl (C=O) groups is 3. The molecule has 2 aromatic carbocycles. The van der Waals surface area contributed by atoms with E-state index >= 15 is 0 Å². The Kier molecular flexibility index (Phi) is 7.38. The lowest BCUT2D eigenvalue weighted by atomic mass is 10.1. The van der Waals surface area contributed by atoms with Gasteiger partial charge in [-0.2, -0.15) is 0 Å². The zero-order chi connectivity index (χ0) is 20.5. The van der Waals surface area contributed by atoms with Gasteiger partial charge in [-0.1, -0.05) is 12.1 Å². The number of rotatable bonds is 9. The molecule has 0 heterocycles. The first-order chi connectivity index (χ1) is 13.4. The predicted octanol–water partition coefficient (Wildman–Crippen LogP) is 1.49. The topological polar surface area (TPSA) is 114 Å². The molecule has 2 aromatic rings. The van der Waals surface area contributed by atoms with Crippen LogP contribution in [0.1, 0.15) is 26.3 Å². The Morgan fingerprint density at radius 1 is 0.893 bits per heavy atom.